The molecule has 2 aromatic carbocycles. The van der Waals surface area contributed by atoms with Crippen molar-refractivity contribution in [3.05, 3.63) is 71.8 Å². The van der Waals surface area contributed by atoms with E-state index in [1.54, 1.807) is 30.3 Å². The number of alkyl halides is 3. The molecule has 0 saturated heterocycles. The zero-order chi connectivity index (χ0) is 13.7. The topological polar surface area (TPSA) is 0 Å². The van der Waals surface area contributed by atoms with E-state index in [0.29, 0.717) is 12.0 Å². The van der Waals surface area contributed by atoms with Gasteiger partial charge in [-0.3, -0.25) is 0 Å². The van der Waals surface area contributed by atoms with Crippen LogP contribution in [-0.2, 0) is 6.42 Å². The van der Waals surface area contributed by atoms with E-state index in [2.05, 4.69) is 0 Å². The zero-order valence-electron chi connectivity index (χ0n) is 10.4. The largest absolute Gasteiger partial charge is 0.395 e. The molecule has 100 valence electrons. The first-order chi connectivity index (χ1) is 9.07. The monoisotopic (exact) mass is 264 g/mol. The lowest BCUT2D eigenvalue weighted by atomic mass is 9.92. The van der Waals surface area contributed by atoms with Crippen molar-refractivity contribution < 1.29 is 13.2 Å². The maximum absolute atomic E-state index is 13.1. The van der Waals surface area contributed by atoms with E-state index in [0.717, 1.165) is 5.56 Å². The lowest BCUT2D eigenvalue weighted by molar-refractivity contribution is -0.151. The molecule has 0 unspecified atom stereocenters. The quantitative estimate of drug-likeness (QED) is 0.731. The fourth-order valence-electron chi connectivity index (χ4n) is 2.16. The van der Waals surface area contributed by atoms with Crippen molar-refractivity contribution in [3.63, 3.8) is 0 Å². The normalized spacial score (nSPS) is 13.2. The van der Waals surface area contributed by atoms with Crippen LogP contribution in [-0.4, -0.2) is 6.18 Å². The highest BCUT2D eigenvalue weighted by molar-refractivity contribution is 5.22. The van der Waals surface area contributed by atoms with Crippen molar-refractivity contribution in [1.29, 1.82) is 0 Å². The average molecular weight is 264 g/mol. The van der Waals surface area contributed by atoms with E-state index < -0.39 is 12.1 Å². The Hall–Kier alpha value is -1.77. The summed E-state index contributed by atoms with van der Waals surface area (Å²) in [6, 6.07) is 17.4. The predicted octanol–water partition coefficient (Wildman–Crippen LogP) is 4.97. The molecule has 0 radical (unpaired) electrons. The van der Waals surface area contributed by atoms with Gasteiger partial charge in [0.25, 0.3) is 0 Å². The molecular formula is C16H15F3. The Labute approximate surface area is 110 Å². The summed E-state index contributed by atoms with van der Waals surface area (Å²) in [6.07, 6.45) is -3.69. The highest BCUT2D eigenvalue weighted by Gasteiger charge is 2.39. The molecule has 0 aliphatic rings. The summed E-state index contributed by atoms with van der Waals surface area (Å²) in [7, 11) is 0. The summed E-state index contributed by atoms with van der Waals surface area (Å²) in [5.74, 6) is -1.39. The third-order valence-electron chi connectivity index (χ3n) is 3.16. The van der Waals surface area contributed by atoms with Crippen molar-refractivity contribution in [3.8, 4) is 0 Å². The van der Waals surface area contributed by atoms with Crippen LogP contribution in [0, 0.1) is 0 Å². The van der Waals surface area contributed by atoms with Gasteiger partial charge in [0.05, 0.1) is 5.92 Å². The van der Waals surface area contributed by atoms with Crippen molar-refractivity contribution in [2.24, 2.45) is 0 Å². The van der Waals surface area contributed by atoms with E-state index >= 15 is 0 Å². The number of aryl methyl sites for hydroxylation is 1. The van der Waals surface area contributed by atoms with Crippen molar-refractivity contribution in [2.75, 3.05) is 0 Å². The van der Waals surface area contributed by atoms with Crippen LogP contribution in [0.2, 0.25) is 0 Å². The zero-order valence-corrected chi connectivity index (χ0v) is 10.4. The van der Waals surface area contributed by atoms with Crippen LogP contribution in [0.5, 0.6) is 0 Å². The Morgan fingerprint density at radius 3 is 1.84 bits per heavy atom. The van der Waals surface area contributed by atoms with Crippen LogP contribution in [0.1, 0.15) is 23.5 Å². The van der Waals surface area contributed by atoms with Crippen molar-refractivity contribution in [1.82, 2.24) is 0 Å². The van der Waals surface area contributed by atoms with Crippen molar-refractivity contribution >= 4 is 0 Å². The van der Waals surface area contributed by atoms with Crippen LogP contribution in [0.25, 0.3) is 0 Å². The van der Waals surface area contributed by atoms with Gasteiger partial charge in [-0.15, -0.1) is 0 Å². The second-order valence-corrected chi connectivity index (χ2v) is 4.53. The lowest BCUT2D eigenvalue weighted by Gasteiger charge is -2.20. The number of rotatable bonds is 4. The van der Waals surface area contributed by atoms with E-state index in [9.17, 15) is 13.2 Å². The molecule has 0 aliphatic carbocycles. The standard InChI is InChI=1S/C16H15F3/c17-16(18,19)15(14-9-5-2-6-10-14)12-11-13-7-3-1-4-8-13/h1-10,15H,11-12H2/t15-/m1/s1. The van der Waals surface area contributed by atoms with Crippen LogP contribution in [0.15, 0.2) is 60.7 Å². The molecule has 0 saturated carbocycles. The first-order valence-electron chi connectivity index (χ1n) is 6.23. The van der Waals surface area contributed by atoms with Crippen molar-refractivity contribution in [2.45, 2.75) is 24.9 Å². The highest BCUT2D eigenvalue weighted by atomic mass is 19.4. The van der Waals surface area contributed by atoms with E-state index in [1.807, 2.05) is 30.3 Å². The van der Waals surface area contributed by atoms with Crippen LogP contribution in [0.3, 0.4) is 0 Å². The van der Waals surface area contributed by atoms with Gasteiger partial charge >= 0.3 is 6.18 Å². The van der Waals surface area contributed by atoms with Gasteiger partial charge < -0.3 is 0 Å². The first kappa shape index (κ1) is 13.7. The van der Waals surface area contributed by atoms with Gasteiger partial charge in [0, 0.05) is 0 Å². The second kappa shape index (κ2) is 5.91. The average Bonchev–Trinajstić information content (AvgIpc) is 2.40. The van der Waals surface area contributed by atoms with Crippen LogP contribution >= 0.6 is 0 Å². The lowest BCUT2D eigenvalue weighted by Crippen LogP contribution is -2.21. The Balaban J connectivity index is 2.12. The van der Waals surface area contributed by atoms with Gasteiger partial charge in [-0.2, -0.15) is 13.2 Å². The molecule has 0 amide bonds. The summed E-state index contributed by atoms with van der Waals surface area (Å²) in [6.45, 7) is 0. The SMILES string of the molecule is FC(F)(F)[C@H](CCc1ccccc1)c1ccccc1. The van der Waals surface area contributed by atoms with Crippen LogP contribution in [0.4, 0.5) is 13.2 Å². The molecule has 2 aromatic rings. The Kier molecular flexibility index (Phi) is 4.25. The smallest absolute Gasteiger partial charge is 0.170 e. The minimum Gasteiger partial charge on any atom is -0.170 e. The van der Waals surface area contributed by atoms with Gasteiger partial charge in [0.1, 0.15) is 0 Å². The van der Waals surface area contributed by atoms with Gasteiger partial charge in [0.2, 0.25) is 0 Å². The molecule has 0 aliphatic heterocycles. The van der Waals surface area contributed by atoms with Gasteiger partial charge in [-0.05, 0) is 24.0 Å². The molecule has 1 atom stereocenters. The third-order valence-corrected chi connectivity index (χ3v) is 3.16. The number of hydrogen-bond acceptors (Lipinski definition) is 0. The third kappa shape index (κ3) is 3.85. The summed E-state index contributed by atoms with van der Waals surface area (Å²) in [5.41, 5.74) is 1.28. The number of benzene rings is 2. The Morgan fingerprint density at radius 1 is 0.789 bits per heavy atom. The minimum atomic E-state index is -4.20. The fourth-order valence-corrected chi connectivity index (χ4v) is 2.16. The molecule has 19 heavy (non-hydrogen) atoms. The molecule has 0 fully saturated rings. The van der Waals surface area contributed by atoms with Gasteiger partial charge in [-0.1, -0.05) is 60.7 Å². The summed E-state index contributed by atoms with van der Waals surface area (Å²) in [5, 5.41) is 0. The minimum absolute atomic E-state index is 0.0809. The molecule has 0 bridgehead atoms. The van der Waals surface area contributed by atoms with E-state index in [4.69, 9.17) is 0 Å². The summed E-state index contributed by atoms with van der Waals surface area (Å²) < 4.78 is 39.3. The fraction of sp³-hybridized carbons (Fsp3) is 0.250. The molecule has 0 heterocycles. The van der Waals surface area contributed by atoms with Gasteiger partial charge in [-0.25, -0.2) is 0 Å². The molecule has 3 heteroatoms. The Morgan fingerprint density at radius 2 is 1.32 bits per heavy atom. The molecular weight excluding hydrogens is 249 g/mol. The maximum Gasteiger partial charge on any atom is 0.395 e. The molecule has 0 nitrogen and oxygen atoms in total. The summed E-state index contributed by atoms with van der Waals surface area (Å²) in [4.78, 5) is 0. The maximum atomic E-state index is 13.1. The Bertz CT molecular complexity index is 488. The highest BCUT2D eigenvalue weighted by Crippen LogP contribution is 2.38. The molecule has 0 aromatic heterocycles. The first-order valence-corrected chi connectivity index (χ1v) is 6.23. The second-order valence-electron chi connectivity index (χ2n) is 4.53. The molecule has 2 rings (SSSR count). The number of hydrogen-bond donors (Lipinski definition) is 0. The molecule has 0 N–H and O–H groups in total. The molecule has 0 spiro atoms. The van der Waals surface area contributed by atoms with Crippen LogP contribution < -0.4 is 0 Å². The van der Waals surface area contributed by atoms with E-state index in [-0.39, 0.29) is 6.42 Å². The number of halogens is 3. The summed E-state index contributed by atoms with van der Waals surface area (Å²) >= 11 is 0. The predicted molar refractivity (Wildman–Crippen MR) is 70.0 cm³/mol. The van der Waals surface area contributed by atoms with Gasteiger partial charge in [0.15, 0.2) is 0 Å². The van der Waals surface area contributed by atoms with E-state index in [1.165, 1.54) is 0 Å².